The first kappa shape index (κ1) is 15.0. The van der Waals surface area contributed by atoms with Crippen LogP contribution < -0.4 is 5.32 Å². The molecule has 2 rings (SSSR count). The molecule has 0 aliphatic carbocycles. The van der Waals surface area contributed by atoms with Crippen LogP contribution in [0.4, 0.5) is 0 Å². The Hall–Kier alpha value is -1.92. The molecule has 0 aliphatic heterocycles. The fourth-order valence-corrected chi connectivity index (χ4v) is 2.77. The fraction of sp³-hybridized carbons (Fsp3) is 0.520. The summed E-state index contributed by atoms with van der Waals surface area (Å²) in [6, 6.07) is 7.50. The lowest BCUT2D eigenvalue weighted by atomic mass is 10.1. The molecule has 5 nitrogen and oxygen atoms in total. The maximum atomic E-state index is 10.7. The van der Waals surface area contributed by atoms with Crippen LogP contribution in [0.15, 0.2) is 48.5 Å². The van der Waals surface area contributed by atoms with Crippen LogP contribution in [0.1, 0.15) is 72.3 Å². The molecule has 0 bridgehead atoms. The lowest BCUT2D eigenvalue weighted by Crippen LogP contribution is -2.22. The van der Waals surface area contributed by atoms with Gasteiger partial charge in [-0.15, -0.1) is 0 Å². The number of rotatable bonds is 16. The van der Waals surface area contributed by atoms with Crippen LogP contribution in [0.5, 0.6) is 5.75 Å². The maximum absolute atomic E-state index is 10.7. The first-order chi connectivity index (χ1) is 17.7. The SMILES string of the molecule is [2H]c1c([2H])c(C([2H])(O)C([2H])([2H])NC([2H])([2H])CCCCCOCCCCc2ccccc2)c([2H])c(CO)c1O. The molecule has 30 heavy (non-hydrogen) atoms. The standard InChI is InChI=1S/C25H37NO4/c27-20-23-18-22(13-14-24(23)28)25(29)19-26-15-7-1-2-8-16-30-17-9-6-12-21-10-4-3-5-11-21/h3-5,10-11,13-14,18,25-29H,1-2,6-9,12,15-17,19-20H2/i13D,14D,15D2,18D,19D2,25D. The molecule has 0 amide bonds. The molecule has 0 spiro atoms. The molecule has 0 aromatic heterocycles. The molecule has 0 aliphatic rings. The third-order valence-corrected chi connectivity index (χ3v) is 4.47. The van der Waals surface area contributed by atoms with Gasteiger partial charge in [0.25, 0.3) is 0 Å². The van der Waals surface area contributed by atoms with Crippen molar-refractivity contribution in [1.29, 1.82) is 0 Å². The van der Waals surface area contributed by atoms with Gasteiger partial charge in [0.2, 0.25) is 0 Å². The highest BCUT2D eigenvalue weighted by Crippen LogP contribution is 2.22. The highest BCUT2D eigenvalue weighted by atomic mass is 16.5. The van der Waals surface area contributed by atoms with E-state index < -0.39 is 60.7 Å². The highest BCUT2D eigenvalue weighted by molar-refractivity contribution is 5.36. The smallest absolute Gasteiger partial charge is 0.121 e. The van der Waals surface area contributed by atoms with Gasteiger partial charge in [-0.1, -0.05) is 49.2 Å². The van der Waals surface area contributed by atoms with Gasteiger partial charge in [0.15, 0.2) is 0 Å². The van der Waals surface area contributed by atoms with Crippen LogP contribution in [0.25, 0.3) is 0 Å². The maximum Gasteiger partial charge on any atom is 0.121 e. The number of aliphatic hydroxyl groups excluding tert-OH is 1. The van der Waals surface area contributed by atoms with E-state index in [9.17, 15) is 15.3 Å². The zero-order valence-corrected chi connectivity index (χ0v) is 17.2. The van der Waals surface area contributed by atoms with Gasteiger partial charge in [-0.2, -0.15) is 0 Å². The van der Waals surface area contributed by atoms with Gasteiger partial charge >= 0.3 is 0 Å². The Balaban J connectivity index is 1.82. The van der Waals surface area contributed by atoms with Gasteiger partial charge in [-0.3, -0.25) is 0 Å². The number of benzene rings is 2. The van der Waals surface area contributed by atoms with Crippen molar-refractivity contribution in [3.63, 3.8) is 0 Å². The number of nitrogens with one attached hydrogen (secondary N) is 1. The summed E-state index contributed by atoms with van der Waals surface area (Å²) in [7, 11) is 0. The first-order valence-electron chi connectivity index (χ1n) is 14.3. The van der Waals surface area contributed by atoms with Crippen molar-refractivity contribution in [3.05, 3.63) is 65.1 Å². The van der Waals surface area contributed by atoms with E-state index in [4.69, 9.17) is 15.7 Å². The van der Waals surface area contributed by atoms with Gasteiger partial charge in [0.05, 0.1) is 18.2 Å². The van der Waals surface area contributed by atoms with E-state index in [1.807, 2.05) is 23.5 Å². The lowest BCUT2D eigenvalue weighted by molar-refractivity contribution is 0.126. The Morgan fingerprint density at radius 2 is 1.77 bits per heavy atom. The van der Waals surface area contributed by atoms with E-state index in [2.05, 4.69) is 12.1 Å². The van der Waals surface area contributed by atoms with Crippen LogP contribution in [0.2, 0.25) is 0 Å². The zero-order valence-electron chi connectivity index (χ0n) is 25.2. The molecule has 4 N–H and O–H groups in total. The number of unbranched alkanes of at least 4 members (excludes halogenated alkanes) is 3. The second-order valence-electron chi connectivity index (χ2n) is 6.88. The fourth-order valence-electron chi connectivity index (χ4n) is 2.77. The topological polar surface area (TPSA) is 82.0 Å². The van der Waals surface area contributed by atoms with Gasteiger partial charge in [-0.25, -0.2) is 0 Å². The Kier molecular flexibility index (Phi) is 7.47. The molecule has 1 atom stereocenters. The minimum Gasteiger partial charge on any atom is -0.508 e. The van der Waals surface area contributed by atoms with E-state index in [1.165, 1.54) is 5.56 Å². The van der Waals surface area contributed by atoms with Crippen LogP contribution in [-0.4, -0.2) is 41.5 Å². The van der Waals surface area contributed by atoms with E-state index in [0.29, 0.717) is 32.5 Å². The van der Waals surface area contributed by atoms with Crippen molar-refractivity contribution in [3.8, 4) is 5.75 Å². The second-order valence-corrected chi connectivity index (χ2v) is 6.88. The van der Waals surface area contributed by atoms with E-state index in [0.717, 1.165) is 19.3 Å². The zero-order chi connectivity index (χ0) is 28.6. The summed E-state index contributed by atoms with van der Waals surface area (Å²) in [6.45, 7) is -5.31. The van der Waals surface area contributed by atoms with Crippen molar-refractivity contribution in [2.24, 2.45) is 0 Å². The summed E-state index contributed by atoms with van der Waals surface area (Å²) in [5, 5.41) is 32.0. The molecule has 0 radical (unpaired) electrons. The number of aliphatic hydroxyl groups is 2. The van der Waals surface area contributed by atoms with Gasteiger partial charge in [0, 0.05) is 30.8 Å². The number of aryl methyl sites for hydroxylation is 1. The second kappa shape index (κ2) is 15.0. The van der Waals surface area contributed by atoms with Crippen LogP contribution in [0, 0.1) is 0 Å². The molecule has 5 heteroatoms. The Labute approximate surface area is 192 Å². The Morgan fingerprint density at radius 1 is 1.03 bits per heavy atom. The molecular formula is C25H37NO4. The quantitative estimate of drug-likeness (QED) is 0.306. The molecule has 1 unspecified atom stereocenters. The van der Waals surface area contributed by atoms with Crippen molar-refractivity contribution in [2.45, 2.75) is 57.6 Å². The molecule has 0 heterocycles. The normalized spacial score (nSPS) is 18.1. The van der Waals surface area contributed by atoms with Crippen LogP contribution >= 0.6 is 0 Å². The first-order valence-corrected chi connectivity index (χ1v) is 10.3. The number of ether oxygens (including phenoxy) is 1. The number of hydrogen-bond acceptors (Lipinski definition) is 5. The molecule has 2 aromatic carbocycles. The number of hydrogen-bond donors (Lipinski definition) is 4. The largest absolute Gasteiger partial charge is 0.508 e. The molecule has 166 valence electrons. The third-order valence-electron chi connectivity index (χ3n) is 4.47. The average Bonchev–Trinajstić information content (AvgIpc) is 2.84. The van der Waals surface area contributed by atoms with Crippen LogP contribution in [0.3, 0.4) is 0 Å². The predicted octanol–water partition coefficient (Wildman–Crippen LogP) is 4.11. The average molecular weight is 424 g/mol. The van der Waals surface area contributed by atoms with Gasteiger partial charge in [0.1, 0.15) is 5.75 Å². The summed E-state index contributed by atoms with van der Waals surface area (Å²) in [5.74, 6) is -0.873. The van der Waals surface area contributed by atoms with Gasteiger partial charge in [-0.05, 0) is 61.8 Å². The van der Waals surface area contributed by atoms with E-state index in [1.54, 1.807) is 0 Å². The summed E-state index contributed by atoms with van der Waals surface area (Å²) < 4.78 is 70.2. The van der Waals surface area contributed by atoms with E-state index in [-0.39, 0.29) is 6.42 Å². The summed E-state index contributed by atoms with van der Waals surface area (Å²) in [4.78, 5) is 0. The Bertz CT molecular complexity index is 1040. The monoisotopic (exact) mass is 423 g/mol. The summed E-state index contributed by atoms with van der Waals surface area (Å²) in [6.07, 6.45) is 1.14. The minimum atomic E-state index is -3.38. The molecular weight excluding hydrogens is 378 g/mol. The van der Waals surface area contributed by atoms with Crippen molar-refractivity contribution >= 4 is 0 Å². The summed E-state index contributed by atoms with van der Waals surface area (Å²) >= 11 is 0. The predicted molar refractivity (Wildman–Crippen MR) is 121 cm³/mol. The molecule has 0 fully saturated rings. The third kappa shape index (κ3) is 9.72. The van der Waals surface area contributed by atoms with Crippen molar-refractivity contribution < 1.29 is 31.0 Å². The lowest BCUT2D eigenvalue weighted by Gasteiger charge is -2.14. The van der Waals surface area contributed by atoms with Gasteiger partial charge < -0.3 is 25.4 Å². The van der Waals surface area contributed by atoms with Crippen LogP contribution in [-0.2, 0) is 17.8 Å². The van der Waals surface area contributed by atoms with Crippen molar-refractivity contribution in [2.75, 3.05) is 26.2 Å². The molecule has 0 saturated carbocycles. The highest BCUT2D eigenvalue weighted by Gasteiger charge is 2.09. The number of aromatic hydroxyl groups is 1. The molecule has 0 saturated heterocycles. The molecule has 2 aromatic rings. The minimum absolute atomic E-state index is 0.137. The number of phenols is 1. The Morgan fingerprint density at radius 3 is 2.53 bits per heavy atom. The van der Waals surface area contributed by atoms with E-state index >= 15 is 0 Å². The summed E-state index contributed by atoms with van der Waals surface area (Å²) in [5.41, 5.74) is -0.203. The van der Waals surface area contributed by atoms with Crippen molar-refractivity contribution in [1.82, 2.24) is 5.32 Å².